The molecule has 1 aliphatic carbocycles. The number of aliphatic hydroxyl groups is 1. The lowest BCUT2D eigenvalue weighted by Crippen LogP contribution is -2.37. The van der Waals surface area contributed by atoms with Gasteiger partial charge in [-0.2, -0.15) is 0 Å². The van der Waals surface area contributed by atoms with Gasteiger partial charge in [-0.25, -0.2) is 9.48 Å². The first kappa shape index (κ1) is 15.9. The van der Waals surface area contributed by atoms with Crippen molar-refractivity contribution in [2.24, 2.45) is 0 Å². The van der Waals surface area contributed by atoms with Crippen LogP contribution in [-0.2, 0) is 11.3 Å². The van der Waals surface area contributed by atoms with Crippen molar-refractivity contribution < 1.29 is 14.6 Å². The summed E-state index contributed by atoms with van der Waals surface area (Å²) in [5.41, 5.74) is 0.278. The highest BCUT2D eigenvalue weighted by Gasteiger charge is 2.32. The van der Waals surface area contributed by atoms with Crippen molar-refractivity contribution in [2.45, 2.75) is 70.9 Å². The lowest BCUT2D eigenvalue weighted by atomic mass is 9.85. The molecule has 2 rings (SSSR count). The first-order valence-corrected chi connectivity index (χ1v) is 7.80. The van der Waals surface area contributed by atoms with E-state index in [1.165, 1.54) is 6.42 Å². The maximum absolute atomic E-state index is 12.0. The van der Waals surface area contributed by atoms with Crippen LogP contribution in [0.15, 0.2) is 0 Å². The minimum atomic E-state index is -0.735. The zero-order chi connectivity index (χ0) is 15.5. The standard InChI is InChI=1S/C15H25N3O3/c1-4-21-14(19)12-13(11(2)3)18(17-16-12)10-15(20)8-6-5-7-9-15/h11,20H,4-10H2,1-3H3. The SMILES string of the molecule is CCOC(=O)c1nnn(CC2(O)CCCCC2)c1C(C)C. The summed E-state index contributed by atoms with van der Waals surface area (Å²) in [6.45, 7) is 6.45. The molecule has 6 nitrogen and oxygen atoms in total. The molecular formula is C15H25N3O3. The Morgan fingerprint density at radius 3 is 2.62 bits per heavy atom. The normalized spacial score (nSPS) is 18.0. The van der Waals surface area contributed by atoms with Crippen LogP contribution in [0.2, 0.25) is 0 Å². The smallest absolute Gasteiger partial charge is 0.360 e. The number of carbonyl (C=O) groups is 1. The molecule has 0 spiro atoms. The van der Waals surface area contributed by atoms with Gasteiger partial charge in [0.25, 0.3) is 0 Å². The second-order valence-corrected chi connectivity index (χ2v) is 6.14. The molecule has 0 bridgehead atoms. The van der Waals surface area contributed by atoms with Crippen LogP contribution in [0.5, 0.6) is 0 Å². The molecule has 1 N–H and O–H groups in total. The molecule has 1 aromatic heterocycles. The third-order valence-electron chi connectivity index (χ3n) is 4.02. The number of rotatable bonds is 5. The van der Waals surface area contributed by atoms with Crippen LogP contribution in [0, 0.1) is 0 Å². The Kier molecular flexibility index (Phi) is 4.98. The molecule has 0 unspecified atom stereocenters. The van der Waals surface area contributed by atoms with Gasteiger partial charge >= 0.3 is 5.97 Å². The van der Waals surface area contributed by atoms with Crippen molar-refractivity contribution >= 4 is 5.97 Å². The third kappa shape index (κ3) is 3.61. The van der Waals surface area contributed by atoms with Gasteiger partial charge in [0.15, 0.2) is 5.69 Å². The fourth-order valence-electron chi connectivity index (χ4n) is 3.00. The van der Waals surface area contributed by atoms with E-state index < -0.39 is 11.6 Å². The van der Waals surface area contributed by atoms with E-state index >= 15 is 0 Å². The van der Waals surface area contributed by atoms with Crippen LogP contribution < -0.4 is 0 Å². The third-order valence-corrected chi connectivity index (χ3v) is 4.02. The van der Waals surface area contributed by atoms with Gasteiger partial charge in [-0.1, -0.05) is 38.3 Å². The summed E-state index contributed by atoms with van der Waals surface area (Å²) in [6, 6.07) is 0. The lowest BCUT2D eigenvalue weighted by molar-refractivity contribution is -0.0155. The molecule has 0 atom stereocenters. The Bertz CT molecular complexity index is 490. The zero-order valence-electron chi connectivity index (χ0n) is 13.1. The highest BCUT2D eigenvalue weighted by molar-refractivity contribution is 5.88. The van der Waals surface area contributed by atoms with Crippen LogP contribution in [0.4, 0.5) is 0 Å². The Morgan fingerprint density at radius 1 is 1.38 bits per heavy atom. The highest BCUT2D eigenvalue weighted by atomic mass is 16.5. The quantitative estimate of drug-likeness (QED) is 0.843. The fourth-order valence-corrected chi connectivity index (χ4v) is 3.00. The summed E-state index contributed by atoms with van der Waals surface area (Å²) in [5, 5.41) is 18.7. The first-order valence-electron chi connectivity index (χ1n) is 7.80. The molecule has 0 aromatic carbocycles. The number of esters is 1. The number of hydrogen-bond acceptors (Lipinski definition) is 5. The molecule has 1 aromatic rings. The van der Waals surface area contributed by atoms with Crippen LogP contribution in [0.3, 0.4) is 0 Å². The van der Waals surface area contributed by atoms with Crippen LogP contribution in [0.1, 0.15) is 75.0 Å². The average molecular weight is 295 g/mol. The average Bonchev–Trinajstić information content (AvgIpc) is 2.83. The predicted molar refractivity (Wildman–Crippen MR) is 78.1 cm³/mol. The van der Waals surface area contributed by atoms with E-state index in [4.69, 9.17) is 4.74 Å². The Morgan fingerprint density at radius 2 is 2.05 bits per heavy atom. The highest BCUT2D eigenvalue weighted by Crippen LogP contribution is 2.30. The molecule has 6 heteroatoms. The molecule has 1 saturated carbocycles. The van der Waals surface area contributed by atoms with Crippen molar-refractivity contribution in [3.05, 3.63) is 11.4 Å². The molecule has 0 saturated heterocycles. The molecule has 1 heterocycles. The second-order valence-electron chi connectivity index (χ2n) is 6.14. The van der Waals surface area contributed by atoms with E-state index in [0.29, 0.717) is 13.2 Å². The van der Waals surface area contributed by atoms with Gasteiger partial charge in [0.05, 0.1) is 24.4 Å². The molecular weight excluding hydrogens is 270 g/mol. The van der Waals surface area contributed by atoms with Crippen molar-refractivity contribution in [2.75, 3.05) is 6.61 Å². The monoisotopic (exact) mass is 295 g/mol. The topological polar surface area (TPSA) is 77.2 Å². The molecule has 0 radical (unpaired) electrons. The summed E-state index contributed by atoms with van der Waals surface area (Å²) in [6.07, 6.45) is 4.79. The van der Waals surface area contributed by atoms with Gasteiger partial charge in [-0.05, 0) is 25.7 Å². The minimum Gasteiger partial charge on any atom is -0.461 e. The summed E-state index contributed by atoms with van der Waals surface area (Å²) in [5.74, 6) is -0.352. The van der Waals surface area contributed by atoms with Gasteiger partial charge < -0.3 is 9.84 Å². The van der Waals surface area contributed by atoms with Gasteiger partial charge in [0, 0.05) is 0 Å². The predicted octanol–water partition coefficient (Wildman–Crippen LogP) is 2.27. The zero-order valence-corrected chi connectivity index (χ0v) is 13.1. The van der Waals surface area contributed by atoms with Crippen molar-refractivity contribution in [3.63, 3.8) is 0 Å². The number of nitrogens with zero attached hydrogens (tertiary/aromatic N) is 3. The summed E-state index contributed by atoms with van der Waals surface area (Å²) >= 11 is 0. The van der Waals surface area contributed by atoms with Gasteiger partial charge in [-0.3, -0.25) is 0 Å². The number of ether oxygens (including phenoxy) is 1. The van der Waals surface area contributed by atoms with Crippen molar-refractivity contribution in [1.29, 1.82) is 0 Å². The number of aromatic nitrogens is 3. The summed E-state index contributed by atoms with van der Waals surface area (Å²) < 4.78 is 6.71. The van der Waals surface area contributed by atoms with E-state index in [2.05, 4.69) is 10.3 Å². The van der Waals surface area contributed by atoms with E-state index in [1.807, 2.05) is 13.8 Å². The molecule has 0 aliphatic heterocycles. The van der Waals surface area contributed by atoms with Crippen molar-refractivity contribution in [1.82, 2.24) is 15.0 Å². The van der Waals surface area contributed by atoms with Crippen LogP contribution in [0.25, 0.3) is 0 Å². The van der Waals surface area contributed by atoms with Gasteiger partial charge in [0.1, 0.15) is 0 Å². The Hall–Kier alpha value is -1.43. The molecule has 0 amide bonds. The molecule has 21 heavy (non-hydrogen) atoms. The summed E-state index contributed by atoms with van der Waals surface area (Å²) in [7, 11) is 0. The maximum atomic E-state index is 12.0. The van der Waals surface area contributed by atoms with E-state index in [0.717, 1.165) is 31.4 Å². The Labute approximate surface area is 125 Å². The summed E-state index contributed by atoms with van der Waals surface area (Å²) in [4.78, 5) is 12.0. The van der Waals surface area contributed by atoms with Gasteiger partial charge in [0.2, 0.25) is 0 Å². The first-order chi connectivity index (χ1) is 9.97. The fraction of sp³-hybridized carbons (Fsp3) is 0.800. The Balaban J connectivity index is 2.25. The van der Waals surface area contributed by atoms with Crippen LogP contribution in [-0.4, -0.2) is 38.3 Å². The molecule has 118 valence electrons. The molecule has 1 aliphatic rings. The van der Waals surface area contributed by atoms with E-state index in [9.17, 15) is 9.90 Å². The number of hydrogen-bond donors (Lipinski definition) is 1. The molecule has 1 fully saturated rings. The van der Waals surface area contributed by atoms with Crippen molar-refractivity contribution in [3.8, 4) is 0 Å². The van der Waals surface area contributed by atoms with Crippen LogP contribution >= 0.6 is 0 Å². The number of carbonyl (C=O) groups excluding carboxylic acids is 1. The second kappa shape index (κ2) is 6.56. The van der Waals surface area contributed by atoms with E-state index in [-0.39, 0.29) is 11.6 Å². The van der Waals surface area contributed by atoms with E-state index in [1.54, 1.807) is 11.6 Å². The maximum Gasteiger partial charge on any atom is 0.360 e. The minimum absolute atomic E-state index is 0.0894. The lowest BCUT2D eigenvalue weighted by Gasteiger charge is -2.32. The largest absolute Gasteiger partial charge is 0.461 e. The van der Waals surface area contributed by atoms with Gasteiger partial charge in [-0.15, -0.1) is 5.10 Å².